The number of hydrogen-bond donors (Lipinski definition) is 1. The number of nitrogens with one attached hydrogen (secondary N) is 1. The third kappa shape index (κ3) is 5.54. The van der Waals surface area contributed by atoms with E-state index in [9.17, 15) is 13.2 Å². The van der Waals surface area contributed by atoms with Crippen LogP contribution in [0.15, 0.2) is 47.4 Å². The molecule has 8 heteroatoms. The fourth-order valence-electron chi connectivity index (χ4n) is 3.01. The maximum Gasteiger partial charge on any atom is 0.244 e. The van der Waals surface area contributed by atoms with Gasteiger partial charge >= 0.3 is 0 Å². The summed E-state index contributed by atoms with van der Waals surface area (Å²) in [6, 6.07) is 9.77. The Morgan fingerprint density at radius 2 is 1.63 bits per heavy atom. The van der Waals surface area contributed by atoms with Gasteiger partial charge in [-0.15, -0.1) is 0 Å². The van der Waals surface area contributed by atoms with Gasteiger partial charge < -0.3 is 19.5 Å². The van der Waals surface area contributed by atoms with Crippen LogP contribution in [-0.4, -0.2) is 41.9 Å². The summed E-state index contributed by atoms with van der Waals surface area (Å²) in [6.45, 7) is 1.94. The van der Waals surface area contributed by atoms with E-state index in [0.29, 0.717) is 29.2 Å². The van der Waals surface area contributed by atoms with Gasteiger partial charge in [0.15, 0.2) is 21.3 Å². The first-order chi connectivity index (χ1) is 14.2. The van der Waals surface area contributed by atoms with Crippen molar-refractivity contribution in [1.29, 1.82) is 0 Å². The first-order valence-electron chi connectivity index (χ1n) is 9.32. The molecule has 1 atom stereocenters. The van der Waals surface area contributed by atoms with Crippen LogP contribution in [0.4, 0.5) is 0 Å². The van der Waals surface area contributed by atoms with Crippen LogP contribution in [0.2, 0.25) is 0 Å². The van der Waals surface area contributed by atoms with Gasteiger partial charge in [0.05, 0.1) is 32.3 Å². The molecular formula is C22H27NO6S. The van der Waals surface area contributed by atoms with Gasteiger partial charge in [0.25, 0.3) is 0 Å². The van der Waals surface area contributed by atoms with Gasteiger partial charge in [0, 0.05) is 17.9 Å². The zero-order valence-electron chi connectivity index (χ0n) is 17.8. The summed E-state index contributed by atoms with van der Waals surface area (Å²) < 4.78 is 39.3. The molecule has 2 aromatic carbocycles. The summed E-state index contributed by atoms with van der Waals surface area (Å²) in [5.74, 6) is 1.15. The predicted molar refractivity (Wildman–Crippen MR) is 116 cm³/mol. The molecule has 1 amide bonds. The Balaban J connectivity index is 2.18. The second-order valence-corrected chi connectivity index (χ2v) is 8.58. The lowest BCUT2D eigenvalue weighted by atomic mass is 10.0. The molecule has 0 unspecified atom stereocenters. The monoisotopic (exact) mass is 433 g/mol. The van der Waals surface area contributed by atoms with Crippen molar-refractivity contribution >= 4 is 21.8 Å². The lowest BCUT2D eigenvalue weighted by Gasteiger charge is -2.17. The molecule has 0 fully saturated rings. The minimum absolute atomic E-state index is 0.243. The van der Waals surface area contributed by atoms with Crippen LogP contribution in [0.5, 0.6) is 17.2 Å². The highest BCUT2D eigenvalue weighted by molar-refractivity contribution is 7.90. The molecule has 0 saturated heterocycles. The summed E-state index contributed by atoms with van der Waals surface area (Å²) >= 11 is 0. The second kappa shape index (κ2) is 10.2. The first kappa shape index (κ1) is 23.3. The summed E-state index contributed by atoms with van der Waals surface area (Å²) in [7, 11) is 1.31. The average Bonchev–Trinajstić information content (AvgIpc) is 2.74. The highest BCUT2D eigenvalue weighted by atomic mass is 32.2. The van der Waals surface area contributed by atoms with Crippen LogP contribution in [0, 0.1) is 0 Å². The second-order valence-electron chi connectivity index (χ2n) is 6.57. The molecule has 0 aromatic heterocycles. The largest absolute Gasteiger partial charge is 0.493 e. The Morgan fingerprint density at radius 1 is 1.00 bits per heavy atom. The molecule has 7 nitrogen and oxygen atoms in total. The van der Waals surface area contributed by atoms with Gasteiger partial charge in [-0.2, -0.15) is 0 Å². The van der Waals surface area contributed by atoms with Crippen molar-refractivity contribution < 1.29 is 27.4 Å². The van der Waals surface area contributed by atoms with E-state index in [2.05, 4.69) is 5.32 Å². The molecule has 30 heavy (non-hydrogen) atoms. The summed E-state index contributed by atoms with van der Waals surface area (Å²) in [5, 5.41) is 2.93. The van der Waals surface area contributed by atoms with E-state index in [4.69, 9.17) is 14.2 Å². The Labute approximate surface area is 177 Å². The molecule has 0 aliphatic heterocycles. The van der Waals surface area contributed by atoms with Crippen molar-refractivity contribution in [3.8, 4) is 17.2 Å². The van der Waals surface area contributed by atoms with Gasteiger partial charge in [-0.05, 0) is 42.3 Å². The van der Waals surface area contributed by atoms with Crippen molar-refractivity contribution in [2.24, 2.45) is 0 Å². The SMILES string of the molecule is CC[C@@H](NC(=O)/C=C/c1ccc(OC)c(OC)c1OC)c1ccc(S(C)(=O)=O)cc1. The third-order valence-electron chi connectivity index (χ3n) is 4.58. The lowest BCUT2D eigenvalue weighted by molar-refractivity contribution is -0.117. The fraction of sp³-hybridized carbons (Fsp3) is 0.318. The van der Waals surface area contributed by atoms with Crippen molar-refractivity contribution in [1.82, 2.24) is 5.32 Å². The van der Waals surface area contributed by atoms with Gasteiger partial charge in [-0.1, -0.05) is 19.1 Å². The summed E-state index contributed by atoms with van der Waals surface area (Å²) in [6.07, 6.45) is 4.86. The molecule has 0 aliphatic carbocycles. The molecule has 0 heterocycles. The van der Waals surface area contributed by atoms with Crippen LogP contribution in [0.25, 0.3) is 6.08 Å². The number of hydrogen-bond acceptors (Lipinski definition) is 6. The molecule has 162 valence electrons. The number of carbonyl (C=O) groups excluding carboxylic acids is 1. The van der Waals surface area contributed by atoms with E-state index in [1.165, 1.54) is 27.4 Å². The van der Waals surface area contributed by atoms with Crippen molar-refractivity contribution in [3.05, 3.63) is 53.6 Å². The molecular weight excluding hydrogens is 406 g/mol. The smallest absolute Gasteiger partial charge is 0.244 e. The van der Waals surface area contributed by atoms with Gasteiger partial charge in [0.1, 0.15) is 0 Å². The van der Waals surface area contributed by atoms with Crippen LogP contribution in [0.3, 0.4) is 0 Å². The molecule has 2 aromatic rings. The van der Waals surface area contributed by atoms with E-state index < -0.39 is 9.84 Å². The van der Waals surface area contributed by atoms with E-state index in [1.807, 2.05) is 6.92 Å². The number of sulfone groups is 1. The van der Waals surface area contributed by atoms with E-state index >= 15 is 0 Å². The Bertz CT molecular complexity index is 1010. The molecule has 0 aliphatic rings. The van der Waals surface area contributed by atoms with Crippen LogP contribution in [0.1, 0.15) is 30.5 Å². The molecule has 0 spiro atoms. The standard InChI is InChI=1S/C22H27NO6S/c1-6-18(15-7-11-17(12-8-15)30(5,25)26)23-20(24)14-10-16-9-13-19(27-2)22(29-4)21(16)28-3/h7-14,18H,6H2,1-5H3,(H,23,24)/b14-10+/t18-/m1/s1. The number of rotatable bonds is 9. The molecule has 1 N–H and O–H groups in total. The van der Waals surface area contributed by atoms with Crippen molar-refractivity contribution in [2.45, 2.75) is 24.3 Å². The topological polar surface area (TPSA) is 90.9 Å². The van der Waals surface area contributed by atoms with Gasteiger partial charge in [-0.25, -0.2) is 8.42 Å². The molecule has 2 rings (SSSR count). The Hall–Kier alpha value is -3.00. The van der Waals surface area contributed by atoms with Gasteiger partial charge in [-0.3, -0.25) is 4.79 Å². The minimum atomic E-state index is -3.26. The van der Waals surface area contributed by atoms with Gasteiger partial charge in [0.2, 0.25) is 11.7 Å². The quantitative estimate of drug-likeness (QED) is 0.610. The number of benzene rings is 2. The van der Waals surface area contributed by atoms with Crippen molar-refractivity contribution in [3.63, 3.8) is 0 Å². The predicted octanol–water partition coefficient (Wildman–Crippen LogP) is 3.40. The van der Waals surface area contributed by atoms with Crippen LogP contribution >= 0.6 is 0 Å². The number of ether oxygens (including phenoxy) is 3. The highest BCUT2D eigenvalue weighted by Gasteiger charge is 2.16. The average molecular weight is 434 g/mol. The summed E-state index contributed by atoms with van der Waals surface area (Å²) in [5.41, 5.74) is 1.49. The zero-order valence-corrected chi connectivity index (χ0v) is 18.6. The number of amides is 1. The van der Waals surface area contributed by atoms with Crippen LogP contribution in [-0.2, 0) is 14.6 Å². The zero-order chi connectivity index (χ0) is 22.3. The Kier molecular flexibility index (Phi) is 7.88. The van der Waals surface area contributed by atoms with Crippen molar-refractivity contribution in [2.75, 3.05) is 27.6 Å². The maximum atomic E-state index is 12.5. The molecule has 0 radical (unpaired) electrons. The fourth-order valence-corrected chi connectivity index (χ4v) is 3.64. The van der Waals surface area contributed by atoms with E-state index in [-0.39, 0.29) is 16.8 Å². The molecule has 0 bridgehead atoms. The normalized spacial score (nSPS) is 12.4. The Morgan fingerprint density at radius 3 is 2.13 bits per heavy atom. The lowest BCUT2D eigenvalue weighted by Crippen LogP contribution is -2.26. The first-order valence-corrected chi connectivity index (χ1v) is 11.2. The number of methoxy groups -OCH3 is 3. The van der Waals surface area contributed by atoms with Crippen LogP contribution < -0.4 is 19.5 Å². The minimum Gasteiger partial charge on any atom is -0.493 e. The van der Waals surface area contributed by atoms with E-state index in [1.54, 1.807) is 42.5 Å². The molecule has 0 saturated carbocycles. The maximum absolute atomic E-state index is 12.5. The summed E-state index contributed by atoms with van der Waals surface area (Å²) in [4.78, 5) is 12.7. The number of carbonyl (C=O) groups is 1. The third-order valence-corrected chi connectivity index (χ3v) is 5.71. The highest BCUT2D eigenvalue weighted by Crippen LogP contribution is 2.40. The van der Waals surface area contributed by atoms with E-state index in [0.717, 1.165) is 11.8 Å².